The van der Waals surface area contributed by atoms with E-state index in [0.29, 0.717) is 17.8 Å². The van der Waals surface area contributed by atoms with Crippen LogP contribution in [0, 0.1) is 5.82 Å². The Kier molecular flexibility index (Phi) is 7.15. The third-order valence-electron chi connectivity index (χ3n) is 6.12. The monoisotopic (exact) mass is 445 g/mol. The van der Waals surface area contributed by atoms with Crippen molar-refractivity contribution in [2.75, 3.05) is 5.32 Å². The first-order chi connectivity index (χ1) is 16.0. The van der Waals surface area contributed by atoms with Crippen LogP contribution in [-0.2, 0) is 6.54 Å². The van der Waals surface area contributed by atoms with Crippen LogP contribution in [-0.4, -0.2) is 28.8 Å². The number of hydrogen-bond donors (Lipinski definition) is 2. The van der Waals surface area contributed by atoms with Gasteiger partial charge in [0, 0.05) is 35.4 Å². The molecule has 1 saturated carbocycles. The Morgan fingerprint density at radius 3 is 2.30 bits per heavy atom. The van der Waals surface area contributed by atoms with Gasteiger partial charge in [0.25, 0.3) is 11.8 Å². The number of amides is 2. The van der Waals surface area contributed by atoms with Crippen LogP contribution in [0.1, 0.15) is 52.0 Å². The van der Waals surface area contributed by atoms with Crippen LogP contribution in [0.4, 0.5) is 10.1 Å². The standard InChI is InChI=1S/C27H28FN3O2/c28-22-10-6-9-21(17-22)26(32)30-23-15-13-19(14-16-23)18-31(25-12-5-4-11-24(25)29)27(33)20-7-2-1-3-8-20/h1-3,6-10,13-17,24-25H,4-5,11-12,18,29H2,(H,30,32). The summed E-state index contributed by atoms with van der Waals surface area (Å²) >= 11 is 0. The fourth-order valence-electron chi connectivity index (χ4n) is 4.34. The van der Waals surface area contributed by atoms with Crippen LogP contribution in [0.5, 0.6) is 0 Å². The highest BCUT2D eigenvalue weighted by Crippen LogP contribution is 2.26. The molecule has 3 aromatic rings. The maximum absolute atomic E-state index is 13.4. The summed E-state index contributed by atoms with van der Waals surface area (Å²) in [6.07, 6.45) is 3.95. The molecule has 3 N–H and O–H groups in total. The summed E-state index contributed by atoms with van der Waals surface area (Å²) in [5.74, 6) is -0.861. The molecule has 2 unspecified atom stereocenters. The molecule has 0 saturated heterocycles. The number of benzene rings is 3. The van der Waals surface area contributed by atoms with Gasteiger partial charge in [-0.05, 0) is 60.9 Å². The number of nitrogens with two attached hydrogens (primary N) is 1. The van der Waals surface area contributed by atoms with Crippen molar-refractivity contribution < 1.29 is 14.0 Å². The number of anilines is 1. The number of hydrogen-bond acceptors (Lipinski definition) is 3. The van der Waals surface area contributed by atoms with Crippen LogP contribution in [0.2, 0.25) is 0 Å². The van der Waals surface area contributed by atoms with Gasteiger partial charge in [-0.2, -0.15) is 0 Å². The molecule has 0 radical (unpaired) electrons. The topological polar surface area (TPSA) is 75.4 Å². The van der Waals surface area contributed by atoms with Crippen molar-refractivity contribution in [2.24, 2.45) is 5.73 Å². The fourth-order valence-corrected chi connectivity index (χ4v) is 4.34. The lowest BCUT2D eigenvalue weighted by molar-refractivity contribution is 0.0583. The minimum absolute atomic E-state index is 0.0150. The van der Waals surface area contributed by atoms with E-state index in [2.05, 4.69) is 5.32 Å². The Morgan fingerprint density at radius 1 is 0.909 bits per heavy atom. The van der Waals surface area contributed by atoms with Gasteiger partial charge in [0.2, 0.25) is 0 Å². The van der Waals surface area contributed by atoms with Gasteiger partial charge in [0.15, 0.2) is 0 Å². The molecule has 2 atom stereocenters. The molecule has 1 aliphatic rings. The second-order valence-electron chi connectivity index (χ2n) is 8.48. The maximum atomic E-state index is 13.4. The van der Waals surface area contributed by atoms with Gasteiger partial charge in [0.1, 0.15) is 5.82 Å². The Morgan fingerprint density at radius 2 is 1.61 bits per heavy atom. The minimum Gasteiger partial charge on any atom is -0.330 e. The summed E-state index contributed by atoms with van der Waals surface area (Å²) in [4.78, 5) is 27.6. The number of rotatable bonds is 6. The van der Waals surface area contributed by atoms with Crippen LogP contribution < -0.4 is 11.1 Å². The van der Waals surface area contributed by atoms with Crippen molar-refractivity contribution in [3.63, 3.8) is 0 Å². The van der Waals surface area contributed by atoms with Crippen molar-refractivity contribution in [3.8, 4) is 0 Å². The molecule has 33 heavy (non-hydrogen) atoms. The Hall–Kier alpha value is -3.51. The van der Waals surface area contributed by atoms with Crippen molar-refractivity contribution in [2.45, 2.75) is 44.3 Å². The molecular weight excluding hydrogens is 417 g/mol. The van der Waals surface area contributed by atoms with E-state index >= 15 is 0 Å². The first-order valence-electron chi connectivity index (χ1n) is 11.3. The van der Waals surface area contributed by atoms with Crippen molar-refractivity contribution in [1.82, 2.24) is 4.90 Å². The lowest BCUT2D eigenvalue weighted by Gasteiger charge is -2.38. The third-order valence-corrected chi connectivity index (χ3v) is 6.12. The Bertz CT molecular complexity index is 1100. The lowest BCUT2D eigenvalue weighted by Crippen LogP contribution is -2.51. The molecule has 0 aliphatic heterocycles. The highest BCUT2D eigenvalue weighted by Gasteiger charge is 2.31. The van der Waals surface area contributed by atoms with Crippen molar-refractivity contribution >= 4 is 17.5 Å². The Balaban J connectivity index is 1.50. The summed E-state index contributed by atoms with van der Waals surface area (Å²) < 4.78 is 13.4. The second kappa shape index (κ2) is 10.4. The van der Waals surface area contributed by atoms with E-state index in [4.69, 9.17) is 5.73 Å². The fraction of sp³-hybridized carbons (Fsp3) is 0.259. The quantitative estimate of drug-likeness (QED) is 0.561. The van der Waals surface area contributed by atoms with E-state index in [1.165, 1.54) is 18.2 Å². The number of nitrogens with zero attached hydrogens (tertiary/aromatic N) is 1. The predicted octanol–water partition coefficient (Wildman–Crippen LogP) is 4.99. The first-order valence-corrected chi connectivity index (χ1v) is 11.3. The van der Waals surface area contributed by atoms with Gasteiger partial charge >= 0.3 is 0 Å². The molecule has 0 spiro atoms. The van der Waals surface area contributed by atoms with E-state index in [1.54, 1.807) is 18.2 Å². The second-order valence-corrected chi connectivity index (χ2v) is 8.48. The molecule has 2 amide bonds. The van der Waals surface area contributed by atoms with Gasteiger partial charge in [0.05, 0.1) is 0 Å². The maximum Gasteiger partial charge on any atom is 0.255 e. The minimum atomic E-state index is -0.456. The average Bonchev–Trinajstić information content (AvgIpc) is 2.84. The normalized spacial score (nSPS) is 17.9. The van der Waals surface area contributed by atoms with E-state index in [9.17, 15) is 14.0 Å². The molecule has 0 aromatic heterocycles. The zero-order valence-corrected chi connectivity index (χ0v) is 18.4. The molecule has 0 bridgehead atoms. The van der Waals surface area contributed by atoms with Gasteiger partial charge in [-0.25, -0.2) is 4.39 Å². The van der Waals surface area contributed by atoms with Gasteiger partial charge in [-0.1, -0.05) is 49.2 Å². The van der Waals surface area contributed by atoms with Crippen LogP contribution in [0.25, 0.3) is 0 Å². The van der Waals surface area contributed by atoms with Crippen LogP contribution in [0.3, 0.4) is 0 Å². The number of carbonyl (C=O) groups is 2. The van der Waals surface area contributed by atoms with E-state index in [0.717, 1.165) is 31.2 Å². The third kappa shape index (κ3) is 5.65. The summed E-state index contributed by atoms with van der Waals surface area (Å²) in [6, 6.07) is 22.1. The highest BCUT2D eigenvalue weighted by molar-refractivity contribution is 6.04. The summed E-state index contributed by atoms with van der Waals surface area (Å²) in [7, 11) is 0. The number of halogens is 1. The molecule has 170 valence electrons. The highest BCUT2D eigenvalue weighted by atomic mass is 19.1. The zero-order valence-electron chi connectivity index (χ0n) is 18.4. The smallest absolute Gasteiger partial charge is 0.255 e. The van der Waals surface area contributed by atoms with Gasteiger partial charge in [-0.3, -0.25) is 9.59 Å². The number of carbonyl (C=O) groups excluding carboxylic acids is 2. The predicted molar refractivity (Wildman–Crippen MR) is 127 cm³/mol. The van der Waals surface area contributed by atoms with Crippen LogP contribution >= 0.6 is 0 Å². The molecule has 0 heterocycles. The van der Waals surface area contributed by atoms with Crippen LogP contribution in [0.15, 0.2) is 78.9 Å². The van der Waals surface area contributed by atoms with Gasteiger partial charge in [-0.15, -0.1) is 0 Å². The lowest BCUT2D eigenvalue weighted by atomic mass is 9.89. The summed E-state index contributed by atoms with van der Waals surface area (Å²) in [5, 5.41) is 2.78. The largest absolute Gasteiger partial charge is 0.330 e. The molecule has 1 fully saturated rings. The van der Waals surface area contributed by atoms with E-state index in [1.807, 2.05) is 47.4 Å². The van der Waals surface area contributed by atoms with Crippen molar-refractivity contribution in [1.29, 1.82) is 0 Å². The van der Waals surface area contributed by atoms with Crippen molar-refractivity contribution in [3.05, 3.63) is 101 Å². The molecule has 6 heteroatoms. The molecule has 4 rings (SSSR count). The zero-order chi connectivity index (χ0) is 23.2. The number of nitrogens with one attached hydrogen (secondary N) is 1. The molecule has 3 aromatic carbocycles. The molecule has 5 nitrogen and oxygen atoms in total. The molecule has 1 aliphatic carbocycles. The van der Waals surface area contributed by atoms with E-state index in [-0.39, 0.29) is 29.5 Å². The SMILES string of the molecule is NC1CCCCC1N(Cc1ccc(NC(=O)c2cccc(F)c2)cc1)C(=O)c1ccccc1. The Labute approximate surface area is 193 Å². The average molecular weight is 446 g/mol. The van der Waals surface area contributed by atoms with E-state index < -0.39 is 5.82 Å². The molecular formula is C27H28FN3O2. The first kappa shape index (κ1) is 22.7. The van der Waals surface area contributed by atoms with Gasteiger partial charge < -0.3 is 16.0 Å². The summed E-state index contributed by atoms with van der Waals surface area (Å²) in [6.45, 7) is 0.435. The summed E-state index contributed by atoms with van der Waals surface area (Å²) in [5.41, 5.74) is 8.87.